The van der Waals surface area contributed by atoms with Gasteiger partial charge in [-0.05, 0) is 38.8 Å². The largest absolute Gasteiger partial charge is 0.487 e. The third-order valence-corrected chi connectivity index (χ3v) is 3.72. The summed E-state index contributed by atoms with van der Waals surface area (Å²) in [6, 6.07) is 7.68. The summed E-state index contributed by atoms with van der Waals surface area (Å²) >= 11 is 0. The van der Waals surface area contributed by atoms with E-state index in [9.17, 15) is 9.18 Å². The van der Waals surface area contributed by atoms with Crippen molar-refractivity contribution in [2.24, 2.45) is 0 Å². The molecule has 5 nitrogen and oxygen atoms in total. The van der Waals surface area contributed by atoms with E-state index in [4.69, 9.17) is 9.47 Å². The third-order valence-electron chi connectivity index (χ3n) is 3.72. The SMILES string of the molecule is Cc1c(OCc2ccc(COCCF)cc2)cnn(C(C)(C)C)c1=O. The van der Waals surface area contributed by atoms with E-state index in [1.165, 1.54) is 4.68 Å². The zero-order valence-electron chi connectivity index (χ0n) is 15.2. The molecule has 0 saturated carbocycles. The second-order valence-electron chi connectivity index (χ2n) is 6.87. The van der Waals surface area contributed by atoms with Crippen LogP contribution in [0.4, 0.5) is 4.39 Å². The van der Waals surface area contributed by atoms with Crippen molar-refractivity contribution in [3.8, 4) is 5.75 Å². The first kappa shape index (κ1) is 19.1. The third kappa shape index (κ3) is 5.13. The maximum Gasteiger partial charge on any atom is 0.273 e. The number of alkyl halides is 1. The Morgan fingerprint density at radius 2 is 1.72 bits per heavy atom. The van der Waals surface area contributed by atoms with Gasteiger partial charge in [0.05, 0.1) is 30.5 Å². The molecule has 25 heavy (non-hydrogen) atoms. The van der Waals surface area contributed by atoms with Crippen LogP contribution in [0.3, 0.4) is 0 Å². The molecule has 2 aromatic rings. The Kier molecular flexibility index (Phi) is 6.31. The number of rotatable bonds is 7. The van der Waals surface area contributed by atoms with Gasteiger partial charge in [0.2, 0.25) is 0 Å². The molecule has 0 saturated heterocycles. The lowest BCUT2D eigenvalue weighted by Gasteiger charge is -2.21. The Morgan fingerprint density at radius 1 is 1.12 bits per heavy atom. The normalized spacial score (nSPS) is 11.6. The molecule has 1 aromatic carbocycles. The average Bonchev–Trinajstić information content (AvgIpc) is 2.56. The number of hydrogen-bond donors (Lipinski definition) is 0. The monoisotopic (exact) mass is 348 g/mol. The Balaban J connectivity index is 2.02. The molecule has 0 amide bonds. The van der Waals surface area contributed by atoms with Gasteiger partial charge >= 0.3 is 0 Å². The van der Waals surface area contributed by atoms with Crippen LogP contribution in [-0.4, -0.2) is 23.1 Å². The first-order valence-corrected chi connectivity index (χ1v) is 8.26. The highest BCUT2D eigenvalue weighted by Crippen LogP contribution is 2.17. The summed E-state index contributed by atoms with van der Waals surface area (Å²) in [6.45, 7) is 7.89. The molecule has 0 unspecified atom stereocenters. The summed E-state index contributed by atoms with van der Waals surface area (Å²) < 4.78 is 24.4. The van der Waals surface area contributed by atoms with Crippen LogP contribution in [0.25, 0.3) is 0 Å². The fraction of sp³-hybridized carbons (Fsp3) is 0.474. The minimum atomic E-state index is -0.479. The minimum absolute atomic E-state index is 0.108. The van der Waals surface area contributed by atoms with E-state index < -0.39 is 6.67 Å². The zero-order valence-corrected chi connectivity index (χ0v) is 15.2. The molecule has 0 atom stereocenters. The first-order chi connectivity index (χ1) is 11.8. The molecule has 1 heterocycles. The van der Waals surface area contributed by atoms with Gasteiger partial charge in [-0.25, -0.2) is 9.07 Å². The summed E-state index contributed by atoms with van der Waals surface area (Å²) in [5, 5.41) is 4.21. The standard InChI is InChI=1S/C19H25FN2O3/c1-14-17(11-21-22(18(14)23)19(2,3)4)25-13-16-7-5-15(6-8-16)12-24-10-9-20/h5-8,11H,9-10,12-13H2,1-4H3. The Bertz CT molecular complexity index is 749. The van der Waals surface area contributed by atoms with E-state index in [2.05, 4.69) is 5.10 Å². The smallest absolute Gasteiger partial charge is 0.273 e. The number of aromatic nitrogens is 2. The maximum absolute atomic E-state index is 12.4. The van der Waals surface area contributed by atoms with Gasteiger partial charge in [-0.15, -0.1) is 0 Å². The van der Waals surface area contributed by atoms with Crippen molar-refractivity contribution < 1.29 is 13.9 Å². The second kappa shape index (κ2) is 8.25. The van der Waals surface area contributed by atoms with Gasteiger partial charge in [0.1, 0.15) is 19.0 Å². The van der Waals surface area contributed by atoms with Gasteiger partial charge in [-0.1, -0.05) is 24.3 Å². The summed E-state index contributed by atoms with van der Waals surface area (Å²) in [7, 11) is 0. The molecule has 0 N–H and O–H groups in total. The topological polar surface area (TPSA) is 53.4 Å². The van der Waals surface area contributed by atoms with Crippen molar-refractivity contribution in [1.29, 1.82) is 0 Å². The minimum Gasteiger partial charge on any atom is -0.487 e. The molecule has 6 heteroatoms. The molecular weight excluding hydrogens is 323 g/mol. The molecule has 0 bridgehead atoms. The second-order valence-corrected chi connectivity index (χ2v) is 6.87. The van der Waals surface area contributed by atoms with Crippen molar-refractivity contribution in [2.75, 3.05) is 13.3 Å². The maximum atomic E-state index is 12.4. The lowest BCUT2D eigenvalue weighted by Crippen LogP contribution is -2.37. The van der Waals surface area contributed by atoms with Crippen LogP contribution in [0.5, 0.6) is 5.75 Å². The van der Waals surface area contributed by atoms with E-state index in [1.54, 1.807) is 13.1 Å². The fourth-order valence-corrected chi connectivity index (χ4v) is 2.28. The molecule has 0 fully saturated rings. The molecule has 2 rings (SSSR count). The summed E-state index contributed by atoms with van der Waals surface area (Å²) in [4.78, 5) is 12.4. The van der Waals surface area contributed by atoms with Gasteiger partial charge in [0.25, 0.3) is 5.56 Å². The van der Waals surface area contributed by atoms with Gasteiger partial charge < -0.3 is 9.47 Å². The number of hydrogen-bond acceptors (Lipinski definition) is 4. The molecule has 0 spiro atoms. The molecular formula is C19H25FN2O3. The molecule has 0 aliphatic heterocycles. The summed E-state index contributed by atoms with van der Waals surface area (Å²) in [6.07, 6.45) is 1.58. The van der Waals surface area contributed by atoms with E-state index in [0.717, 1.165) is 11.1 Å². The van der Waals surface area contributed by atoms with Gasteiger partial charge in [0.15, 0.2) is 0 Å². The lowest BCUT2D eigenvalue weighted by atomic mass is 10.1. The zero-order chi connectivity index (χ0) is 18.4. The number of nitrogens with zero attached hydrogens (tertiary/aromatic N) is 2. The highest BCUT2D eigenvalue weighted by Gasteiger charge is 2.18. The van der Waals surface area contributed by atoms with Crippen molar-refractivity contribution in [3.05, 3.63) is 57.5 Å². The predicted octanol–water partition coefficient (Wildman–Crippen LogP) is 3.37. The molecule has 0 aliphatic rings. The molecule has 0 radical (unpaired) electrons. The van der Waals surface area contributed by atoms with Crippen LogP contribution in [0, 0.1) is 6.92 Å². The Hall–Kier alpha value is -2.21. The number of ether oxygens (including phenoxy) is 2. The van der Waals surface area contributed by atoms with Crippen molar-refractivity contribution >= 4 is 0 Å². The van der Waals surface area contributed by atoms with Crippen LogP contribution < -0.4 is 10.3 Å². The van der Waals surface area contributed by atoms with Crippen LogP contribution in [0.15, 0.2) is 35.3 Å². The summed E-state index contributed by atoms with van der Waals surface area (Å²) in [5.74, 6) is 0.487. The van der Waals surface area contributed by atoms with E-state index >= 15 is 0 Å². The van der Waals surface area contributed by atoms with E-state index in [-0.39, 0.29) is 17.7 Å². The van der Waals surface area contributed by atoms with Gasteiger partial charge in [-0.2, -0.15) is 5.10 Å². The van der Waals surface area contributed by atoms with Crippen LogP contribution in [-0.2, 0) is 23.5 Å². The molecule has 1 aromatic heterocycles. The quantitative estimate of drug-likeness (QED) is 0.720. The van der Waals surface area contributed by atoms with E-state index in [1.807, 2.05) is 45.0 Å². The van der Waals surface area contributed by atoms with Crippen molar-refractivity contribution in [3.63, 3.8) is 0 Å². The molecule has 0 aliphatic carbocycles. The molecule has 136 valence electrons. The first-order valence-electron chi connectivity index (χ1n) is 8.26. The van der Waals surface area contributed by atoms with Crippen LogP contribution in [0.1, 0.15) is 37.5 Å². The highest BCUT2D eigenvalue weighted by molar-refractivity contribution is 5.28. The fourth-order valence-electron chi connectivity index (χ4n) is 2.28. The van der Waals surface area contributed by atoms with Crippen LogP contribution >= 0.6 is 0 Å². The van der Waals surface area contributed by atoms with Gasteiger partial charge in [0, 0.05) is 0 Å². The summed E-state index contributed by atoms with van der Waals surface area (Å²) in [5.41, 5.74) is 1.96. The van der Waals surface area contributed by atoms with Crippen molar-refractivity contribution in [2.45, 2.75) is 46.4 Å². The highest BCUT2D eigenvalue weighted by atomic mass is 19.1. The van der Waals surface area contributed by atoms with Crippen LogP contribution in [0.2, 0.25) is 0 Å². The van der Waals surface area contributed by atoms with E-state index in [0.29, 0.717) is 24.5 Å². The predicted molar refractivity (Wildman–Crippen MR) is 94.6 cm³/mol. The van der Waals surface area contributed by atoms with Gasteiger partial charge in [-0.3, -0.25) is 4.79 Å². The number of halogens is 1. The van der Waals surface area contributed by atoms with Crippen molar-refractivity contribution in [1.82, 2.24) is 9.78 Å². The Labute approximate surface area is 147 Å². The Morgan fingerprint density at radius 3 is 2.28 bits per heavy atom. The number of benzene rings is 1. The lowest BCUT2D eigenvalue weighted by molar-refractivity contribution is 0.106. The average molecular weight is 348 g/mol.